The van der Waals surface area contributed by atoms with Crippen LogP contribution in [0.15, 0.2) is 12.1 Å². The maximum atomic E-state index is 12.8. The van der Waals surface area contributed by atoms with Gasteiger partial charge in [0.1, 0.15) is 17.5 Å². The Balaban J connectivity index is 1.84. The van der Waals surface area contributed by atoms with Gasteiger partial charge in [-0.25, -0.2) is 0 Å². The Bertz CT molecular complexity index is 868. The molecule has 1 spiro atoms. The van der Waals surface area contributed by atoms with Crippen LogP contribution in [0.1, 0.15) is 44.7 Å². The molecule has 2 fully saturated rings. The topological polar surface area (TPSA) is 48.0 Å². The number of carbonyl (C=O) groups excluding carboxylic acids is 1. The van der Waals surface area contributed by atoms with Crippen LogP contribution < -0.4 is 9.47 Å². The normalized spacial score (nSPS) is 43.3. The molecule has 1 aromatic rings. The third-order valence-corrected chi connectivity index (χ3v) is 8.89. The molecule has 1 saturated heterocycles. The van der Waals surface area contributed by atoms with E-state index in [0.717, 1.165) is 37.3 Å². The van der Waals surface area contributed by atoms with Gasteiger partial charge in [-0.05, 0) is 63.7 Å². The van der Waals surface area contributed by atoms with Crippen LogP contribution in [0.4, 0.5) is 0 Å². The molecule has 2 unspecified atom stereocenters. The summed E-state index contributed by atoms with van der Waals surface area (Å²) < 4.78 is 18.6. The fourth-order valence-electron chi connectivity index (χ4n) is 7.43. The summed E-state index contributed by atoms with van der Waals surface area (Å²) in [6.07, 6.45) is 2.64. The first-order valence-corrected chi connectivity index (χ1v) is 10.4. The van der Waals surface area contributed by atoms with Crippen LogP contribution in [0.2, 0.25) is 0 Å². The van der Waals surface area contributed by atoms with E-state index in [9.17, 15) is 4.79 Å². The smallest absolute Gasteiger partial charge is 0.165 e. The lowest BCUT2D eigenvalue weighted by Gasteiger charge is -2.68. The number of hydrogen-bond donors (Lipinski definition) is 0. The third-order valence-electron chi connectivity index (χ3n) is 8.89. The largest absolute Gasteiger partial charge is 0.493 e. The predicted octanol–water partition coefficient (Wildman–Crippen LogP) is 2.97. The highest BCUT2D eigenvalue weighted by Gasteiger charge is 2.76. The van der Waals surface area contributed by atoms with Crippen molar-refractivity contribution in [3.8, 4) is 11.5 Å². The Labute approximate surface area is 167 Å². The minimum Gasteiger partial charge on any atom is -0.493 e. The van der Waals surface area contributed by atoms with Crippen LogP contribution in [-0.4, -0.2) is 56.2 Å². The summed E-state index contributed by atoms with van der Waals surface area (Å²) in [5, 5.41) is 0. The number of nitrogens with zero attached hydrogens (tertiary/aromatic N) is 1. The number of piperidine rings is 1. The lowest BCUT2D eigenvalue weighted by molar-refractivity contribution is -0.220. The standard InChI is InChI=1S/C23H31NO4/c1-13(25)15-12-21(2)17-11-14-7-8-16(26-5)19-18(14)23(21,9-10-24(17)4)20(28-19)22(15,3)27-6/h7-8,15,17,20H,9-12H2,1-6H3/t15-,17-,20+,21?,22?,23+/m1/s1. The molecule has 5 nitrogen and oxygen atoms in total. The number of rotatable bonds is 3. The molecular weight excluding hydrogens is 354 g/mol. The zero-order chi connectivity index (χ0) is 20.1. The van der Waals surface area contributed by atoms with Gasteiger partial charge >= 0.3 is 0 Å². The average molecular weight is 386 g/mol. The van der Waals surface area contributed by atoms with E-state index in [4.69, 9.17) is 14.2 Å². The molecule has 0 amide bonds. The number of Topliss-reactive ketones (excluding diaryl/α,β-unsaturated/α-hetero) is 1. The molecule has 28 heavy (non-hydrogen) atoms. The van der Waals surface area contributed by atoms with Gasteiger partial charge in [-0.2, -0.15) is 0 Å². The molecule has 0 N–H and O–H groups in total. The molecular formula is C23H31NO4. The summed E-state index contributed by atoms with van der Waals surface area (Å²) in [4.78, 5) is 15.3. The zero-order valence-electron chi connectivity index (χ0n) is 17.8. The zero-order valence-corrected chi connectivity index (χ0v) is 17.8. The van der Waals surface area contributed by atoms with Gasteiger partial charge in [-0.3, -0.25) is 4.79 Å². The van der Waals surface area contributed by atoms with Crippen LogP contribution in [0.25, 0.3) is 0 Å². The van der Waals surface area contributed by atoms with Crippen LogP contribution in [0, 0.1) is 11.3 Å². The molecule has 2 heterocycles. The number of benzene rings is 1. The highest BCUT2D eigenvalue weighted by atomic mass is 16.6. The van der Waals surface area contributed by atoms with E-state index >= 15 is 0 Å². The number of methoxy groups -OCH3 is 2. The molecule has 0 aromatic heterocycles. The van der Waals surface area contributed by atoms with Crippen molar-refractivity contribution in [2.45, 2.75) is 63.2 Å². The molecule has 1 saturated carbocycles. The molecule has 5 rings (SSSR count). The molecule has 0 radical (unpaired) electrons. The lowest BCUT2D eigenvalue weighted by atomic mass is 9.40. The average Bonchev–Trinajstić information content (AvgIpc) is 3.03. The van der Waals surface area contributed by atoms with Gasteiger partial charge in [0.05, 0.1) is 13.0 Å². The maximum Gasteiger partial charge on any atom is 0.165 e. The molecule has 4 aliphatic rings. The van der Waals surface area contributed by atoms with Gasteiger partial charge in [-0.1, -0.05) is 13.0 Å². The summed E-state index contributed by atoms with van der Waals surface area (Å²) in [5.41, 5.74) is 1.83. The van der Waals surface area contributed by atoms with Crippen molar-refractivity contribution in [1.82, 2.24) is 4.90 Å². The van der Waals surface area contributed by atoms with Crippen molar-refractivity contribution in [1.29, 1.82) is 0 Å². The van der Waals surface area contributed by atoms with Crippen LogP contribution in [0.3, 0.4) is 0 Å². The molecule has 2 bridgehead atoms. The summed E-state index contributed by atoms with van der Waals surface area (Å²) in [6, 6.07) is 4.65. The Hall–Kier alpha value is -1.59. The second kappa shape index (κ2) is 5.51. The molecule has 152 valence electrons. The monoisotopic (exact) mass is 385 g/mol. The highest BCUT2D eigenvalue weighted by molar-refractivity contribution is 5.81. The van der Waals surface area contributed by atoms with Crippen molar-refractivity contribution < 1.29 is 19.0 Å². The lowest BCUT2D eigenvalue weighted by Crippen LogP contribution is -2.76. The van der Waals surface area contributed by atoms with E-state index in [1.54, 1.807) is 21.1 Å². The van der Waals surface area contributed by atoms with Crippen LogP contribution >= 0.6 is 0 Å². The van der Waals surface area contributed by atoms with Gasteiger partial charge in [0.25, 0.3) is 0 Å². The van der Waals surface area contributed by atoms with E-state index in [-0.39, 0.29) is 28.6 Å². The molecule has 5 heteroatoms. The van der Waals surface area contributed by atoms with Gasteiger partial charge in [0.15, 0.2) is 11.5 Å². The molecule has 6 atom stereocenters. The van der Waals surface area contributed by atoms with Crippen LogP contribution in [0.5, 0.6) is 11.5 Å². The van der Waals surface area contributed by atoms with Crippen molar-refractivity contribution in [3.05, 3.63) is 23.3 Å². The Morgan fingerprint density at radius 2 is 2.04 bits per heavy atom. The number of ketones is 1. The Morgan fingerprint density at radius 3 is 2.68 bits per heavy atom. The molecule has 2 aliphatic carbocycles. The van der Waals surface area contributed by atoms with E-state index in [1.807, 2.05) is 6.07 Å². The summed E-state index contributed by atoms with van der Waals surface area (Å²) in [5.74, 6) is 1.68. The first-order chi connectivity index (χ1) is 13.2. The number of carbonyl (C=O) groups is 1. The van der Waals surface area contributed by atoms with Crippen LogP contribution in [-0.2, 0) is 21.4 Å². The summed E-state index contributed by atoms with van der Waals surface area (Å²) >= 11 is 0. The fourth-order valence-corrected chi connectivity index (χ4v) is 7.43. The molecule has 2 aliphatic heterocycles. The second-order valence-electron chi connectivity index (χ2n) is 9.72. The number of hydrogen-bond acceptors (Lipinski definition) is 5. The molecule has 1 aromatic carbocycles. The van der Waals surface area contributed by atoms with Crippen molar-refractivity contribution >= 4 is 5.78 Å². The third kappa shape index (κ3) is 1.79. The summed E-state index contributed by atoms with van der Waals surface area (Å²) in [7, 11) is 5.67. The van der Waals surface area contributed by atoms with E-state index in [0.29, 0.717) is 6.04 Å². The van der Waals surface area contributed by atoms with E-state index in [1.165, 1.54) is 11.1 Å². The predicted molar refractivity (Wildman–Crippen MR) is 106 cm³/mol. The minimum absolute atomic E-state index is 0.0519. The van der Waals surface area contributed by atoms with Gasteiger partial charge in [-0.15, -0.1) is 0 Å². The summed E-state index contributed by atoms with van der Waals surface area (Å²) in [6.45, 7) is 7.21. The van der Waals surface area contributed by atoms with Gasteiger partial charge in [0, 0.05) is 24.1 Å². The van der Waals surface area contributed by atoms with Gasteiger partial charge < -0.3 is 19.1 Å². The maximum absolute atomic E-state index is 12.8. The SMILES string of the molecule is COc1ccc2c3c1O[C@H]1C(C)(OC)[C@@H](C(C)=O)CC4(C)[C@@H](C2)N(C)CC[C@]314. The van der Waals surface area contributed by atoms with Crippen molar-refractivity contribution in [2.24, 2.45) is 11.3 Å². The first-order valence-electron chi connectivity index (χ1n) is 10.4. The van der Waals surface area contributed by atoms with Crippen molar-refractivity contribution in [3.63, 3.8) is 0 Å². The van der Waals surface area contributed by atoms with E-state index < -0.39 is 5.60 Å². The Morgan fingerprint density at radius 1 is 1.29 bits per heavy atom. The quantitative estimate of drug-likeness (QED) is 0.801. The van der Waals surface area contributed by atoms with Gasteiger partial charge in [0.2, 0.25) is 0 Å². The second-order valence-corrected chi connectivity index (χ2v) is 9.72. The first kappa shape index (κ1) is 18.4. The number of ether oxygens (including phenoxy) is 3. The Kier molecular flexibility index (Phi) is 3.63. The van der Waals surface area contributed by atoms with Crippen molar-refractivity contribution in [2.75, 3.05) is 27.8 Å². The number of likely N-dealkylation sites (N-methyl/N-ethyl adjacent to an activating group) is 1. The van der Waals surface area contributed by atoms with E-state index in [2.05, 4.69) is 31.9 Å². The fraction of sp³-hybridized carbons (Fsp3) is 0.696. The highest BCUT2D eigenvalue weighted by Crippen LogP contribution is 2.71. The minimum atomic E-state index is -0.662. The number of likely N-dealkylation sites (tertiary alicyclic amines) is 1.